The number of H-pyrrole nitrogens is 1. The first kappa shape index (κ1) is 16.6. The Morgan fingerprint density at radius 3 is 3.00 bits per heavy atom. The number of fused-ring (bicyclic) bond motifs is 1. The van der Waals surface area contributed by atoms with Gasteiger partial charge in [-0.05, 0) is 39.3 Å². The molecule has 0 fully saturated rings. The van der Waals surface area contributed by atoms with Crippen LogP contribution in [0.2, 0.25) is 0 Å². The van der Waals surface area contributed by atoms with E-state index >= 15 is 0 Å². The van der Waals surface area contributed by atoms with Gasteiger partial charge in [-0.1, -0.05) is 20.7 Å². The van der Waals surface area contributed by atoms with Gasteiger partial charge in [-0.3, -0.25) is 9.78 Å². The monoisotopic (exact) mass is 458 g/mol. The van der Waals surface area contributed by atoms with Crippen LogP contribution in [0.25, 0.3) is 6.08 Å². The normalized spacial score (nSPS) is 12.2. The molecule has 0 radical (unpaired) electrons. The molecule has 0 bridgehead atoms. The summed E-state index contributed by atoms with van der Waals surface area (Å²) in [6.45, 7) is 1.87. The van der Waals surface area contributed by atoms with E-state index < -0.39 is 0 Å². The van der Waals surface area contributed by atoms with Gasteiger partial charge in [0, 0.05) is 29.7 Å². The SMILES string of the molecule is Cc1ncccc1Oc1ccc(NC(=O)c2c[nH]c3c2C=IC=C3)cn1. The first-order valence-corrected chi connectivity index (χ1v) is 10.4. The van der Waals surface area contributed by atoms with E-state index in [9.17, 15) is 4.79 Å². The summed E-state index contributed by atoms with van der Waals surface area (Å²) in [6, 6.07) is 7.13. The van der Waals surface area contributed by atoms with Crippen molar-refractivity contribution in [2.24, 2.45) is 0 Å². The Balaban J connectivity index is 1.47. The molecule has 0 saturated carbocycles. The largest absolute Gasteiger partial charge is 0.437 e. The summed E-state index contributed by atoms with van der Waals surface area (Å²) in [5.41, 5.74) is 4.02. The average molecular weight is 458 g/mol. The molecule has 0 unspecified atom stereocenters. The van der Waals surface area contributed by atoms with Crippen molar-refractivity contribution >= 4 is 42.4 Å². The topological polar surface area (TPSA) is 79.9 Å². The molecule has 1 amide bonds. The molecule has 4 heterocycles. The number of nitrogens with zero attached hydrogens (tertiary/aromatic N) is 2. The van der Waals surface area contributed by atoms with Crippen molar-refractivity contribution in [1.29, 1.82) is 0 Å². The van der Waals surface area contributed by atoms with Crippen LogP contribution < -0.4 is 10.1 Å². The molecule has 26 heavy (non-hydrogen) atoms. The van der Waals surface area contributed by atoms with Crippen LogP contribution in [0.4, 0.5) is 5.69 Å². The molecule has 3 aromatic rings. The summed E-state index contributed by atoms with van der Waals surface area (Å²) in [6.07, 6.45) is 7.07. The minimum absolute atomic E-state index is 0.123. The van der Waals surface area contributed by atoms with Gasteiger partial charge >= 0.3 is 0 Å². The van der Waals surface area contributed by atoms with Crippen LogP contribution in [0, 0.1) is 6.92 Å². The molecule has 130 valence electrons. The zero-order valence-corrected chi connectivity index (χ0v) is 16.0. The fraction of sp³-hybridized carbons (Fsp3) is 0.0526. The lowest BCUT2D eigenvalue weighted by atomic mass is 10.1. The molecular formula is C19H15IN4O2. The number of pyridine rings is 2. The number of aryl methyl sites for hydroxylation is 1. The van der Waals surface area contributed by atoms with E-state index in [0.29, 0.717) is 22.9 Å². The molecule has 2 N–H and O–H groups in total. The lowest BCUT2D eigenvalue weighted by Gasteiger charge is -2.08. The second-order valence-electron chi connectivity index (χ2n) is 5.59. The number of halogens is 1. The van der Waals surface area contributed by atoms with Gasteiger partial charge in [0.15, 0.2) is 5.75 Å². The Bertz CT molecular complexity index is 1020. The van der Waals surface area contributed by atoms with Gasteiger partial charge in [-0.25, -0.2) is 4.98 Å². The maximum Gasteiger partial charge on any atom is 0.257 e. The van der Waals surface area contributed by atoms with Crippen molar-refractivity contribution in [3.05, 3.63) is 69.5 Å². The number of nitrogens with one attached hydrogen (secondary N) is 2. The van der Waals surface area contributed by atoms with Crippen molar-refractivity contribution in [1.82, 2.24) is 15.0 Å². The molecule has 6 nitrogen and oxygen atoms in total. The molecule has 0 atom stereocenters. The molecule has 1 aliphatic rings. The number of anilines is 1. The zero-order valence-electron chi connectivity index (χ0n) is 13.9. The predicted molar refractivity (Wildman–Crippen MR) is 110 cm³/mol. The number of amides is 1. The number of ether oxygens (including phenoxy) is 1. The highest BCUT2D eigenvalue weighted by Crippen LogP contribution is 2.24. The highest BCUT2D eigenvalue weighted by Gasteiger charge is 2.16. The Morgan fingerprint density at radius 2 is 2.19 bits per heavy atom. The van der Waals surface area contributed by atoms with Gasteiger partial charge in [0.05, 0.1) is 23.1 Å². The van der Waals surface area contributed by atoms with Crippen LogP contribution in [0.3, 0.4) is 0 Å². The fourth-order valence-corrected chi connectivity index (χ4v) is 4.30. The van der Waals surface area contributed by atoms with Crippen LogP contribution in [0.5, 0.6) is 11.6 Å². The van der Waals surface area contributed by atoms with E-state index in [0.717, 1.165) is 17.0 Å². The van der Waals surface area contributed by atoms with Gasteiger partial charge in [0.1, 0.15) is 0 Å². The second kappa shape index (κ2) is 7.20. The Labute approximate surface area is 160 Å². The lowest BCUT2D eigenvalue weighted by Crippen LogP contribution is -2.13. The van der Waals surface area contributed by atoms with E-state index in [-0.39, 0.29) is 26.6 Å². The number of hydrogen-bond donors (Lipinski definition) is 2. The van der Waals surface area contributed by atoms with Crippen molar-refractivity contribution < 1.29 is 9.53 Å². The van der Waals surface area contributed by atoms with Gasteiger partial charge in [-0.2, -0.15) is 0 Å². The number of hydrogen-bond acceptors (Lipinski definition) is 4. The molecule has 7 heteroatoms. The first-order valence-electron chi connectivity index (χ1n) is 7.91. The van der Waals surface area contributed by atoms with E-state index in [4.69, 9.17) is 4.74 Å². The number of carbonyl (C=O) groups excluding carboxylic acids is 1. The highest BCUT2D eigenvalue weighted by molar-refractivity contribution is 14.2. The van der Waals surface area contributed by atoms with Crippen molar-refractivity contribution in [2.45, 2.75) is 6.92 Å². The van der Waals surface area contributed by atoms with Crippen LogP contribution >= 0.6 is 20.7 Å². The molecule has 0 aromatic carbocycles. The van der Waals surface area contributed by atoms with Gasteiger partial charge in [0.25, 0.3) is 5.91 Å². The van der Waals surface area contributed by atoms with Crippen molar-refractivity contribution in [3.63, 3.8) is 0 Å². The van der Waals surface area contributed by atoms with Crippen LogP contribution in [0.15, 0.2) is 46.9 Å². The quantitative estimate of drug-likeness (QED) is 0.573. The maximum atomic E-state index is 12.5. The summed E-state index contributed by atoms with van der Waals surface area (Å²) in [5, 5.41) is 2.88. The van der Waals surface area contributed by atoms with Crippen LogP contribution in [-0.2, 0) is 0 Å². The van der Waals surface area contributed by atoms with Crippen LogP contribution in [-0.4, -0.2) is 24.9 Å². The summed E-state index contributed by atoms with van der Waals surface area (Å²) in [7, 11) is 0. The minimum Gasteiger partial charge on any atom is -0.437 e. The summed E-state index contributed by atoms with van der Waals surface area (Å²) in [5.74, 6) is 0.945. The second-order valence-corrected chi connectivity index (χ2v) is 7.65. The van der Waals surface area contributed by atoms with Gasteiger partial charge in [-0.15, -0.1) is 0 Å². The fourth-order valence-electron chi connectivity index (χ4n) is 2.50. The molecule has 0 spiro atoms. The zero-order chi connectivity index (χ0) is 17.9. The molecule has 1 aliphatic heterocycles. The predicted octanol–water partition coefficient (Wildman–Crippen LogP) is 4.26. The third kappa shape index (κ3) is 3.43. The molecule has 0 saturated heterocycles. The molecule has 4 rings (SSSR count). The van der Waals surface area contributed by atoms with E-state index in [1.165, 1.54) is 0 Å². The van der Waals surface area contributed by atoms with Gasteiger partial charge < -0.3 is 15.0 Å². The minimum atomic E-state index is -0.156. The Kier molecular flexibility index (Phi) is 4.61. The third-order valence-electron chi connectivity index (χ3n) is 3.84. The first-order chi connectivity index (χ1) is 12.7. The highest BCUT2D eigenvalue weighted by atomic mass is 127. The average Bonchev–Trinajstić information content (AvgIpc) is 3.09. The molecule has 0 aliphatic carbocycles. The van der Waals surface area contributed by atoms with E-state index in [1.54, 1.807) is 30.7 Å². The lowest BCUT2D eigenvalue weighted by molar-refractivity contribution is 0.102. The van der Waals surface area contributed by atoms with Crippen molar-refractivity contribution in [2.75, 3.05) is 5.32 Å². The molecular weight excluding hydrogens is 443 g/mol. The number of aromatic nitrogens is 3. The number of aromatic amines is 1. The number of rotatable bonds is 4. The van der Waals surface area contributed by atoms with Crippen molar-refractivity contribution in [3.8, 4) is 11.6 Å². The van der Waals surface area contributed by atoms with Gasteiger partial charge in [0.2, 0.25) is 5.88 Å². The van der Waals surface area contributed by atoms with E-state index in [2.05, 4.69) is 28.4 Å². The smallest absolute Gasteiger partial charge is 0.257 e. The summed E-state index contributed by atoms with van der Waals surface area (Å²) in [4.78, 5) is 24.1. The maximum absolute atomic E-state index is 12.5. The Morgan fingerprint density at radius 1 is 1.27 bits per heavy atom. The third-order valence-corrected chi connectivity index (χ3v) is 5.60. The van der Waals surface area contributed by atoms with Crippen LogP contribution in [0.1, 0.15) is 27.3 Å². The van der Waals surface area contributed by atoms with E-state index in [1.807, 2.05) is 25.1 Å². The number of carbonyl (C=O) groups is 1. The summed E-state index contributed by atoms with van der Waals surface area (Å²) >= 11 is -0.123. The summed E-state index contributed by atoms with van der Waals surface area (Å²) < 4.78 is 10.0. The molecule has 3 aromatic heterocycles. The Hall–Kier alpha value is -2.81. The standard InChI is InChI=1S/C19H15IN4O2/c1-12-17(3-2-8-21-12)26-18-5-4-13(10-23-18)24-19(25)15-11-22-16-6-7-20-9-14(15)16/h2-11,22H,1H3,(H,24,25).